The number of nitro groups is 4. The van der Waals surface area contributed by atoms with Crippen LogP contribution in [0.5, 0.6) is 23.0 Å². The number of aliphatic imine (C=N–C) groups is 4. The van der Waals surface area contributed by atoms with E-state index in [0.29, 0.717) is 21.1 Å². The van der Waals surface area contributed by atoms with E-state index in [9.17, 15) is 60.9 Å². The number of halogens is 2. The van der Waals surface area contributed by atoms with E-state index >= 15 is 0 Å². The van der Waals surface area contributed by atoms with Crippen molar-refractivity contribution in [1.29, 1.82) is 0 Å². The van der Waals surface area contributed by atoms with Crippen LogP contribution in [0.4, 0.5) is 45.5 Å². The second-order valence-electron chi connectivity index (χ2n) is 11.0. The van der Waals surface area contributed by atoms with Crippen LogP contribution in [0.15, 0.2) is 102 Å². The van der Waals surface area contributed by atoms with Crippen LogP contribution in [0.3, 0.4) is 0 Å². The summed E-state index contributed by atoms with van der Waals surface area (Å²) in [6.07, 6.45) is 3.84. The van der Waals surface area contributed by atoms with Crippen LogP contribution in [0.2, 0.25) is 0 Å². The Bertz CT molecular complexity index is 2440. The minimum Gasteiger partial charge on any atom is -0.872 e. The molecule has 0 atom stereocenters. The second kappa shape index (κ2) is 19.8. The second-order valence-corrected chi connectivity index (χ2v) is 12.9. The van der Waals surface area contributed by atoms with Gasteiger partial charge >= 0.3 is 39.0 Å². The van der Waals surface area contributed by atoms with E-state index in [2.05, 4.69) is 51.8 Å². The first-order valence-electron chi connectivity index (χ1n) is 15.1. The molecule has 0 amide bonds. The van der Waals surface area contributed by atoms with Crippen molar-refractivity contribution < 1.29 is 79.1 Å². The normalized spacial score (nSPS) is 11.2. The summed E-state index contributed by atoms with van der Waals surface area (Å²) in [5, 5.41) is 96.9. The zero-order valence-electron chi connectivity index (χ0n) is 28.9. The standard InChI is InChI=1S/C34H20Br2N8O12.2Zn/c35-21-1-3-31(45)17(5-21)13-37-25-11-26(38-14-18-6-22(36)2-4-32(18)46)28(40-16-20-8-24(42(51)52)10-30(34(20)48)44(55)56)12-27(25)39-15-19-7-23(41(49)50)9-29(33(19)47)43(53)54;;/h1-16,45-48H;;/q;2*+2/p-4. The molecule has 5 rings (SSSR count). The van der Waals surface area contributed by atoms with Crippen LogP contribution in [0, 0.1) is 40.5 Å². The molecule has 0 radical (unpaired) electrons. The Kier molecular flexibility index (Phi) is 15.7. The zero-order valence-corrected chi connectivity index (χ0v) is 38.0. The Morgan fingerprint density at radius 2 is 0.741 bits per heavy atom. The number of nitrogens with zero attached hydrogens (tertiary/aromatic N) is 8. The molecule has 0 saturated heterocycles. The van der Waals surface area contributed by atoms with Gasteiger partial charge in [-0.2, -0.15) is 0 Å². The van der Waals surface area contributed by atoms with E-state index in [1.807, 2.05) is 0 Å². The van der Waals surface area contributed by atoms with Gasteiger partial charge in [0.15, 0.2) is 0 Å². The molecule has 0 heterocycles. The van der Waals surface area contributed by atoms with E-state index in [1.165, 1.54) is 42.5 Å². The largest absolute Gasteiger partial charge is 2.00 e. The maximum Gasteiger partial charge on any atom is 2.00 e. The minimum atomic E-state index is -1.23. The molecule has 0 unspecified atom stereocenters. The van der Waals surface area contributed by atoms with Gasteiger partial charge < -0.3 is 20.4 Å². The van der Waals surface area contributed by atoms with Gasteiger partial charge in [0.05, 0.1) is 54.6 Å². The Labute approximate surface area is 366 Å². The molecular formula is C34H16Br2N8O12Zn2. The summed E-state index contributed by atoms with van der Waals surface area (Å²) >= 11 is 6.51. The average molecular weight is 1020 g/mol. The molecule has 0 aliphatic heterocycles. The molecule has 282 valence electrons. The number of rotatable bonds is 12. The summed E-state index contributed by atoms with van der Waals surface area (Å²) in [6.45, 7) is 0. The van der Waals surface area contributed by atoms with Crippen molar-refractivity contribution in [3.05, 3.63) is 144 Å². The summed E-state index contributed by atoms with van der Waals surface area (Å²) in [6, 6.07) is 13.2. The molecule has 24 heteroatoms. The fraction of sp³-hybridized carbons (Fsp3) is 0. The van der Waals surface area contributed by atoms with Crippen LogP contribution < -0.4 is 20.4 Å². The van der Waals surface area contributed by atoms with Crippen molar-refractivity contribution in [1.82, 2.24) is 0 Å². The van der Waals surface area contributed by atoms with Crippen molar-refractivity contribution in [3.63, 3.8) is 0 Å². The molecule has 0 aromatic heterocycles. The Balaban J connectivity index is 0.00000450. The van der Waals surface area contributed by atoms with Crippen LogP contribution in [0.1, 0.15) is 22.3 Å². The van der Waals surface area contributed by atoms with Gasteiger partial charge in [-0.05, 0) is 70.2 Å². The molecule has 0 N–H and O–H groups in total. The van der Waals surface area contributed by atoms with Gasteiger partial charge in [-0.25, -0.2) is 0 Å². The van der Waals surface area contributed by atoms with Crippen LogP contribution in [-0.4, -0.2) is 44.6 Å². The topological polar surface area (TPSA) is 314 Å². The molecule has 5 aromatic rings. The van der Waals surface area contributed by atoms with Crippen LogP contribution >= 0.6 is 31.9 Å². The smallest absolute Gasteiger partial charge is 0.872 e. The average Bonchev–Trinajstić information content (AvgIpc) is 3.14. The molecule has 0 saturated carbocycles. The number of benzene rings is 5. The maximum atomic E-state index is 12.9. The van der Waals surface area contributed by atoms with Crippen LogP contribution in [-0.2, 0) is 39.0 Å². The van der Waals surface area contributed by atoms with Gasteiger partial charge in [0.25, 0.3) is 22.7 Å². The fourth-order valence-electron chi connectivity index (χ4n) is 4.68. The summed E-state index contributed by atoms with van der Waals surface area (Å²) in [5.41, 5.74) is -5.51. The van der Waals surface area contributed by atoms with Gasteiger partial charge in [-0.1, -0.05) is 55.5 Å². The van der Waals surface area contributed by atoms with Crippen molar-refractivity contribution in [2.24, 2.45) is 20.0 Å². The third-order valence-electron chi connectivity index (χ3n) is 7.37. The first-order chi connectivity index (χ1) is 26.5. The molecule has 0 bridgehead atoms. The molecule has 20 nitrogen and oxygen atoms in total. The summed E-state index contributed by atoms with van der Waals surface area (Å²) in [4.78, 5) is 58.9. The molecule has 0 spiro atoms. The Hall–Kier alpha value is -6.21. The molecule has 5 aromatic carbocycles. The van der Waals surface area contributed by atoms with Crippen molar-refractivity contribution in [3.8, 4) is 23.0 Å². The SMILES string of the molecule is O=[N+]([O-])c1cc(C=Nc2cc(N=Cc3cc([N+](=O)[O-])cc([N+](=O)[O-])c3[O-])c(N=Cc3cc(Br)ccc3[O-])cc2N=Cc2cc(Br)ccc2[O-])c([O-])c([N+](=O)[O-])c1.[Zn+2].[Zn+2]. The number of hydrogen-bond donors (Lipinski definition) is 0. The van der Waals surface area contributed by atoms with Crippen molar-refractivity contribution >= 4 is 102 Å². The quantitative estimate of drug-likeness (QED) is 0.0589. The summed E-state index contributed by atoms with van der Waals surface area (Å²) in [7, 11) is 0. The predicted octanol–water partition coefficient (Wildman–Crippen LogP) is 6.14. The monoisotopic (exact) mass is 1010 g/mol. The van der Waals surface area contributed by atoms with Gasteiger partial charge in [0.1, 0.15) is 0 Å². The Morgan fingerprint density at radius 1 is 0.431 bits per heavy atom. The van der Waals surface area contributed by atoms with E-state index < -0.39 is 76.6 Å². The van der Waals surface area contributed by atoms with E-state index in [-0.39, 0.29) is 72.8 Å². The zero-order chi connectivity index (χ0) is 40.8. The first-order valence-corrected chi connectivity index (χ1v) is 16.7. The summed E-state index contributed by atoms with van der Waals surface area (Å²) < 4.78 is 1.03. The van der Waals surface area contributed by atoms with Gasteiger partial charge in [0, 0.05) is 45.9 Å². The summed E-state index contributed by atoms with van der Waals surface area (Å²) in [5.74, 6) is -3.34. The van der Waals surface area contributed by atoms with Crippen LogP contribution in [0.25, 0.3) is 0 Å². The maximum absolute atomic E-state index is 12.9. The molecule has 58 heavy (non-hydrogen) atoms. The number of nitro benzene ring substituents is 4. The third kappa shape index (κ3) is 11.0. The van der Waals surface area contributed by atoms with Crippen molar-refractivity contribution in [2.75, 3.05) is 0 Å². The molecular weight excluding hydrogens is 1000 g/mol. The predicted molar refractivity (Wildman–Crippen MR) is 201 cm³/mol. The fourth-order valence-corrected chi connectivity index (χ4v) is 5.44. The van der Waals surface area contributed by atoms with Crippen molar-refractivity contribution in [2.45, 2.75) is 0 Å². The van der Waals surface area contributed by atoms with Gasteiger partial charge in [-0.15, -0.1) is 0 Å². The first kappa shape index (κ1) is 46.2. The van der Waals surface area contributed by atoms with E-state index in [0.717, 1.165) is 43.1 Å². The molecule has 0 fully saturated rings. The third-order valence-corrected chi connectivity index (χ3v) is 8.35. The number of non-ortho nitro benzene ring substituents is 2. The molecule has 0 aliphatic rings. The van der Waals surface area contributed by atoms with E-state index in [4.69, 9.17) is 0 Å². The number of hydrogen-bond acceptors (Lipinski definition) is 16. The Morgan fingerprint density at radius 3 is 1.03 bits per heavy atom. The minimum absolute atomic E-state index is 0. The van der Waals surface area contributed by atoms with Gasteiger partial charge in [0.2, 0.25) is 0 Å². The van der Waals surface area contributed by atoms with E-state index in [1.54, 1.807) is 0 Å². The van der Waals surface area contributed by atoms with Gasteiger partial charge in [-0.3, -0.25) is 60.4 Å². The molecule has 0 aliphatic carbocycles.